The van der Waals surface area contributed by atoms with E-state index in [1.165, 1.54) is 39.5 Å². The lowest BCUT2D eigenvalue weighted by Crippen LogP contribution is -2.38. The van der Waals surface area contributed by atoms with Crippen molar-refractivity contribution in [2.45, 2.75) is 6.04 Å². The van der Waals surface area contributed by atoms with E-state index in [1.807, 2.05) is 0 Å². The van der Waals surface area contributed by atoms with E-state index in [1.54, 1.807) is 30.3 Å². The summed E-state index contributed by atoms with van der Waals surface area (Å²) in [5, 5.41) is 2.54. The van der Waals surface area contributed by atoms with Crippen molar-refractivity contribution in [3.05, 3.63) is 65.2 Å². The standard InChI is InChI=1S/C20H22N2O7S/c1-22(30(4,26)27)17(13-8-6-5-7-9-13)18(23)21-16-12-14(19(24)28-2)10-11-15(16)20(25)29-3/h5-12,17H,1-4H3,(H,21,23). The first-order valence-electron chi connectivity index (χ1n) is 8.69. The second-order valence-electron chi connectivity index (χ2n) is 6.33. The van der Waals surface area contributed by atoms with Crippen LogP contribution < -0.4 is 5.32 Å². The number of nitrogens with one attached hydrogen (secondary N) is 1. The minimum atomic E-state index is -3.74. The number of anilines is 1. The number of benzene rings is 2. The number of amides is 1. The molecule has 160 valence electrons. The second-order valence-corrected chi connectivity index (χ2v) is 8.37. The molecular formula is C20H22N2O7S. The fourth-order valence-corrected chi connectivity index (χ4v) is 3.34. The van der Waals surface area contributed by atoms with Crippen molar-refractivity contribution < 1.29 is 32.3 Å². The molecule has 0 aliphatic rings. The Morgan fingerprint density at radius 1 is 0.967 bits per heavy atom. The zero-order valence-corrected chi connectivity index (χ0v) is 17.7. The van der Waals surface area contributed by atoms with Crippen LogP contribution >= 0.6 is 0 Å². The summed E-state index contributed by atoms with van der Waals surface area (Å²) in [6, 6.07) is 11.0. The van der Waals surface area contributed by atoms with Gasteiger partial charge < -0.3 is 14.8 Å². The molecule has 0 saturated carbocycles. The molecule has 2 rings (SSSR count). The summed E-state index contributed by atoms with van der Waals surface area (Å²) in [6.45, 7) is 0. The van der Waals surface area contributed by atoms with Crippen LogP contribution in [0.15, 0.2) is 48.5 Å². The van der Waals surface area contributed by atoms with E-state index in [-0.39, 0.29) is 16.8 Å². The van der Waals surface area contributed by atoms with Gasteiger partial charge in [-0.05, 0) is 23.8 Å². The van der Waals surface area contributed by atoms with Gasteiger partial charge in [0.1, 0.15) is 6.04 Å². The number of likely N-dealkylation sites (N-methyl/N-ethyl adjacent to an activating group) is 1. The largest absolute Gasteiger partial charge is 0.465 e. The van der Waals surface area contributed by atoms with Crippen LogP contribution in [0.1, 0.15) is 32.3 Å². The number of hydrogen-bond acceptors (Lipinski definition) is 7. The van der Waals surface area contributed by atoms with Crippen molar-refractivity contribution in [2.24, 2.45) is 0 Å². The van der Waals surface area contributed by atoms with Gasteiger partial charge in [0.15, 0.2) is 0 Å². The van der Waals surface area contributed by atoms with Gasteiger partial charge in [0, 0.05) is 7.05 Å². The Morgan fingerprint density at radius 3 is 2.10 bits per heavy atom. The highest BCUT2D eigenvalue weighted by atomic mass is 32.2. The normalized spacial score (nSPS) is 12.2. The van der Waals surface area contributed by atoms with Crippen LogP contribution in [0.5, 0.6) is 0 Å². The molecule has 2 aromatic carbocycles. The van der Waals surface area contributed by atoms with Gasteiger partial charge in [-0.25, -0.2) is 18.0 Å². The molecule has 10 heteroatoms. The van der Waals surface area contributed by atoms with Gasteiger partial charge in [-0.2, -0.15) is 4.31 Å². The van der Waals surface area contributed by atoms with Crippen molar-refractivity contribution >= 4 is 33.6 Å². The SMILES string of the molecule is COC(=O)c1ccc(C(=O)OC)c(NC(=O)C(c2ccccc2)N(C)S(C)(=O)=O)c1. The van der Waals surface area contributed by atoms with Crippen LogP contribution in [0, 0.1) is 0 Å². The molecule has 0 aliphatic heterocycles. The third-order valence-corrected chi connectivity index (χ3v) is 5.61. The van der Waals surface area contributed by atoms with Crippen molar-refractivity contribution in [3.63, 3.8) is 0 Å². The number of hydrogen-bond donors (Lipinski definition) is 1. The highest BCUT2D eigenvalue weighted by Gasteiger charge is 2.31. The Bertz CT molecular complexity index is 1050. The maximum absolute atomic E-state index is 13.1. The summed E-state index contributed by atoms with van der Waals surface area (Å²) in [5.41, 5.74) is 0.491. The predicted molar refractivity (Wildman–Crippen MR) is 110 cm³/mol. The predicted octanol–water partition coefficient (Wildman–Crippen LogP) is 1.83. The number of sulfonamides is 1. The van der Waals surface area contributed by atoms with Crippen LogP contribution in [-0.2, 0) is 24.3 Å². The van der Waals surface area contributed by atoms with Gasteiger partial charge >= 0.3 is 11.9 Å². The van der Waals surface area contributed by atoms with Gasteiger partial charge in [0.2, 0.25) is 15.9 Å². The molecule has 1 N–H and O–H groups in total. The topological polar surface area (TPSA) is 119 Å². The van der Waals surface area contributed by atoms with Gasteiger partial charge in [-0.15, -0.1) is 0 Å². The van der Waals surface area contributed by atoms with E-state index in [0.29, 0.717) is 5.56 Å². The number of rotatable bonds is 7. The van der Waals surface area contributed by atoms with Crippen molar-refractivity contribution in [3.8, 4) is 0 Å². The molecule has 0 aromatic heterocycles. The first-order valence-corrected chi connectivity index (χ1v) is 10.5. The Kier molecular flexibility index (Phi) is 7.30. The average molecular weight is 434 g/mol. The van der Waals surface area contributed by atoms with Gasteiger partial charge in [0.25, 0.3) is 0 Å². The Labute approximate surface area is 174 Å². The molecule has 30 heavy (non-hydrogen) atoms. The molecule has 0 saturated heterocycles. The number of esters is 2. The van der Waals surface area contributed by atoms with Crippen LogP contribution in [0.3, 0.4) is 0 Å². The van der Waals surface area contributed by atoms with E-state index in [0.717, 1.165) is 10.6 Å². The fraction of sp³-hybridized carbons (Fsp3) is 0.250. The molecule has 0 fully saturated rings. The summed E-state index contributed by atoms with van der Waals surface area (Å²) in [5.74, 6) is -2.13. The first-order chi connectivity index (χ1) is 14.1. The van der Waals surface area contributed by atoms with Gasteiger partial charge in [0.05, 0.1) is 37.3 Å². The van der Waals surface area contributed by atoms with Crippen molar-refractivity contribution in [1.82, 2.24) is 4.31 Å². The van der Waals surface area contributed by atoms with E-state index < -0.39 is 33.9 Å². The van der Waals surface area contributed by atoms with Crippen LogP contribution in [-0.4, -0.2) is 58.1 Å². The lowest BCUT2D eigenvalue weighted by Gasteiger charge is -2.26. The zero-order valence-electron chi connectivity index (χ0n) is 16.9. The number of carbonyl (C=O) groups excluding carboxylic acids is 3. The molecule has 0 heterocycles. The fourth-order valence-electron chi connectivity index (χ4n) is 2.73. The smallest absolute Gasteiger partial charge is 0.339 e. The van der Waals surface area contributed by atoms with Gasteiger partial charge in [-0.1, -0.05) is 30.3 Å². The lowest BCUT2D eigenvalue weighted by atomic mass is 10.0. The van der Waals surface area contributed by atoms with E-state index >= 15 is 0 Å². The van der Waals surface area contributed by atoms with Gasteiger partial charge in [-0.3, -0.25) is 4.79 Å². The van der Waals surface area contributed by atoms with Crippen molar-refractivity contribution in [2.75, 3.05) is 32.8 Å². The number of methoxy groups -OCH3 is 2. The summed E-state index contributed by atoms with van der Waals surface area (Å²) in [4.78, 5) is 37.1. The third kappa shape index (κ3) is 5.22. The highest BCUT2D eigenvalue weighted by Crippen LogP contribution is 2.26. The van der Waals surface area contributed by atoms with E-state index in [2.05, 4.69) is 10.1 Å². The average Bonchev–Trinajstić information content (AvgIpc) is 2.72. The summed E-state index contributed by atoms with van der Waals surface area (Å²) >= 11 is 0. The quantitative estimate of drug-likeness (QED) is 0.660. The van der Waals surface area contributed by atoms with E-state index in [4.69, 9.17) is 4.74 Å². The Morgan fingerprint density at radius 2 is 1.57 bits per heavy atom. The number of nitrogens with zero attached hydrogens (tertiary/aromatic N) is 1. The summed E-state index contributed by atoms with van der Waals surface area (Å²) in [6.07, 6.45) is 0.980. The Hall–Kier alpha value is -3.24. The Balaban J connectivity index is 2.52. The van der Waals surface area contributed by atoms with Crippen LogP contribution in [0.25, 0.3) is 0 Å². The molecule has 1 amide bonds. The van der Waals surface area contributed by atoms with Crippen molar-refractivity contribution in [1.29, 1.82) is 0 Å². The molecule has 0 radical (unpaired) electrons. The maximum Gasteiger partial charge on any atom is 0.339 e. The zero-order chi connectivity index (χ0) is 22.5. The van der Waals surface area contributed by atoms with Crippen LogP contribution in [0.4, 0.5) is 5.69 Å². The monoisotopic (exact) mass is 434 g/mol. The molecular weight excluding hydrogens is 412 g/mol. The number of ether oxygens (including phenoxy) is 2. The molecule has 1 atom stereocenters. The molecule has 2 aromatic rings. The first kappa shape index (κ1) is 23.0. The molecule has 9 nitrogen and oxygen atoms in total. The molecule has 0 aliphatic carbocycles. The molecule has 1 unspecified atom stereocenters. The highest BCUT2D eigenvalue weighted by molar-refractivity contribution is 7.88. The third-order valence-electron chi connectivity index (χ3n) is 4.35. The van der Waals surface area contributed by atoms with Crippen LogP contribution in [0.2, 0.25) is 0 Å². The number of carbonyl (C=O) groups is 3. The minimum absolute atomic E-state index is 0.00711. The summed E-state index contributed by atoms with van der Waals surface area (Å²) < 4.78 is 34.5. The maximum atomic E-state index is 13.1. The van der Waals surface area contributed by atoms with E-state index in [9.17, 15) is 22.8 Å². The molecule has 0 bridgehead atoms. The minimum Gasteiger partial charge on any atom is -0.465 e. The summed E-state index contributed by atoms with van der Waals surface area (Å²) in [7, 11) is -0.0922. The second kappa shape index (κ2) is 9.51. The lowest BCUT2D eigenvalue weighted by molar-refractivity contribution is -0.119. The molecule has 0 spiro atoms.